The highest BCUT2D eigenvalue weighted by molar-refractivity contribution is 5.94. The maximum atomic E-state index is 12.9. The Labute approximate surface area is 303 Å². The second kappa shape index (κ2) is 15.8. The molecule has 2 atom stereocenters. The van der Waals surface area contributed by atoms with E-state index in [1.54, 1.807) is 10.9 Å². The number of pyridine rings is 1. The number of aromatic nitrogens is 5. The Kier molecular flexibility index (Phi) is 10.4. The summed E-state index contributed by atoms with van der Waals surface area (Å²) in [5.74, 6) is 1.58. The molecule has 11 heteroatoms. The highest BCUT2D eigenvalue weighted by Crippen LogP contribution is 2.26. The van der Waals surface area contributed by atoms with Crippen LogP contribution in [0.1, 0.15) is 69.6 Å². The van der Waals surface area contributed by atoms with Gasteiger partial charge in [-0.1, -0.05) is 72.8 Å². The smallest absolute Gasteiger partial charge is 0.272 e. The lowest BCUT2D eigenvalue weighted by Crippen LogP contribution is -2.42. The summed E-state index contributed by atoms with van der Waals surface area (Å²) in [6.45, 7) is 7.34. The molecule has 2 aliphatic rings. The molecule has 0 aliphatic carbocycles. The van der Waals surface area contributed by atoms with Crippen molar-refractivity contribution in [3.63, 3.8) is 0 Å². The van der Waals surface area contributed by atoms with E-state index in [2.05, 4.69) is 22.1 Å². The molecule has 0 fully saturated rings. The SMILES string of the molecule is CC(c1ccccn1)N1CCn2nc(COc3ccccc3)cc2C1=O.CC1CN(Cc2ccccc2)C(=O)c2cc(COc3ccccc3)nn21. The van der Waals surface area contributed by atoms with Crippen LogP contribution in [0.15, 0.2) is 128 Å². The molecule has 3 aromatic heterocycles. The summed E-state index contributed by atoms with van der Waals surface area (Å²) in [6.07, 6.45) is 1.75. The minimum absolute atomic E-state index is 0.0189. The first-order valence-corrected chi connectivity index (χ1v) is 17.5. The molecule has 2 aliphatic heterocycles. The average molecular weight is 696 g/mol. The Morgan fingerprint density at radius 1 is 0.712 bits per heavy atom. The number of carbonyl (C=O) groups is 2. The maximum absolute atomic E-state index is 12.9. The molecule has 0 spiro atoms. The van der Waals surface area contributed by atoms with Gasteiger partial charge in [0, 0.05) is 25.8 Å². The number of ether oxygens (including phenoxy) is 2. The van der Waals surface area contributed by atoms with Crippen molar-refractivity contribution in [3.05, 3.63) is 162 Å². The molecule has 0 N–H and O–H groups in total. The van der Waals surface area contributed by atoms with Crippen molar-refractivity contribution < 1.29 is 19.1 Å². The number of amides is 2. The van der Waals surface area contributed by atoms with Crippen LogP contribution < -0.4 is 9.47 Å². The van der Waals surface area contributed by atoms with Gasteiger partial charge in [-0.05, 0) is 67.9 Å². The van der Waals surface area contributed by atoms with E-state index in [1.807, 2.05) is 143 Å². The average Bonchev–Trinajstić information content (AvgIpc) is 3.83. The second-order valence-corrected chi connectivity index (χ2v) is 12.9. The summed E-state index contributed by atoms with van der Waals surface area (Å²) in [5.41, 5.74) is 4.78. The Hall–Kier alpha value is -6.23. The van der Waals surface area contributed by atoms with Gasteiger partial charge in [0.25, 0.3) is 11.8 Å². The first kappa shape index (κ1) is 34.2. The molecular formula is C41H41N7O4. The topological polar surface area (TPSA) is 108 Å². The fraction of sp³-hybridized carbons (Fsp3) is 0.244. The van der Waals surface area contributed by atoms with E-state index in [4.69, 9.17) is 9.47 Å². The van der Waals surface area contributed by atoms with Crippen molar-refractivity contribution in [1.29, 1.82) is 0 Å². The Morgan fingerprint density at radius 3 is 1.94 bits per heavy atom. The van der Waals surface area contributed by atoms with Gasteiger partial charge in [0.05, 0.1) is 24.3 Å². The number of hydrogen-bond acceptors (Lipinski definition) is 7. The number of benzene rings is 3. The minimum Gasteiger partial charge on any atom is -0.487 e. The third kappa shape index (κ3) is 7.88. The van der Waals surface area contributed by atoms with E-state index in [0.717, 1.165) is 34.1 Å². The first-order valence-electron chi connectivity index (χ1n) is 17.5. The first-order chi connectivity index (χ1) is 25.4. The summed E-state index contributed by atoms with van der Waals surface area (Å²) in [5, 5.41) is 9.09. The van der Waals surface area contributed by atoms with E-state index < -0.39 is 0 Å². The zero-order chi connectivity index (χ0) is 35.9. The Balaban J connectivity index is 0.000000162. The zero-order valence-electron chi connectivity index (χ0n) is 29.3. The van der Waals surface area contributed by atoms with Crippen LogP contribution >= 0.6 is 0 Å². The highest BCUT2D eigenvalue weighted by atomic mass is 16.5. The summed E-state index contributed by atoms with van der Waals surface area (Å²) in [4.78, 5) is 33.9. The van der Waals surface area contributed by atoms with Crippen LogP contribution in [0.2, 0.25) is 0 Å². The highest BCUT2D eigenvalue weighted by Gasteiger charge is 2.32. The molecule has 11 nitrogen and oxygen atoms in total. The van der Waals surface area contributed by atoms with Gasteiger partial charge < -0.3 is 19.3 Å². The van der Waals surface area contributed by atoms with E-state index in [1.165, 1.54) is 0 Å². The molecule has 2 unspecified atom stereocenters. The number of nitrogens with zero attached hydrogens (tertiary/aromatic N) is 7. The van der Waals surface area contributed by atoms with Crippen molar-refractivity contribution >= 4 is 11.8 Å². The molecule has 6 aromatic rings. The molecule has 0 saturated heterocycles. The van der Waals surface area contributed by atoms with Crippen molar-refractivity contribution in [2.75, 3.05) is 13.1 Å². The van der Waals surface area contributed by atoms with Crippen LogP contribution in [0, 0.1) is 0 Å². The number of fused-ring (bicyclic) bond motifs is 2. The molecule has 264 valence electrons. The summed E-state index contributed by atoms with van der Waals surface area (Å²) < 4.78 is 15.1. The van der Waals surface area contributed by atoms with Gasteiger partial charge in [0.1, 0.15) is 47.5 Å². The lowest BCUT2D eigenvalue weighted by Gasteiger charge is -2.32. The van der Waals surface area contributed by atoms with Crippen LogP contribution in [0.25, 0.3) is 0 Å². The normalized spacial score (nSPS) is 15.6. The van der Waals surface area contributed by atoms with Crippen LogP contribution in [0.3, 0.4) is 0 Å². The van der Waals surface area contributed by atoms with Gasteiger partial charge in [-0.3, -0.25) is 23.9 Å². The summed E-state index contributed by atoms with van der Waals surface area (Å²) in [7, 11) is 0. The molecule has 0 radical (unpaired) electrons. The molecule has 8 rings (SSSR count). The third-order valence-corrected chi connectivity index (χ3v) is 9.12. The standard InChI is InChI=1S/C21H21N3O2.C20H20N4O2/c1-16-13-23(14-17-8-4-2-5-9-17)21(25)20-12-18(22-24(16)20)15-26-19-10-6-3-7-11-19;1-15(18-9-5-6-10-21-18)23-11-12-24-19(20(23)25)13-16(22-24)14-26-17-7-3-2-4-8-17/h2-12,16H,13-15H2,1H3;2-10,13,15H,11-12,14H2,1H3. The predicted octanol–water partition coefficient (Wildman–Crippen LogP) is 6.75. The zero-order valence-corrected chi connectivity index (χ0v) is 29.3. The van der Waals surface area contributed by atoms with Crippen molar-refractivity contribution in [2.24, 2.45) is 0 Å². The Bertz CT molecular complexity index is 2090. The van der Waals surface area contributed by atoms with E-state index in [9.17, 15) is 9.59 Å². The van der Waals surface area contributed by atoms with Gasteiger partial charge >= 0.3 is 0 Å². The van der Waals surface area contributed by atoms with Crippen LogP contribution in [-0.2, 0) is 26.3 Å². The largest absolute Gasteiger partial charge is 0.487 e. The minimum atomic E-state index is -0.0728. The number of hydrogen-bond donors (Lipinski definition) is 0. The second-order valence-electron chi connectivity index (χ2n) is 12.9. The maximum Gasteiger partial charge on any atom is 0.272 e. The molecule has 5 heterocycles. The number of rotatable bonds is 10. The van der Waals surface area contributed by atoms with Gasteiger partial charge in [-0.2, -0.15) is 10.2 Å². The fourth-order valence-electron chi connectivity index (χ4n) is 6.43. The van der Waals surface area contributed by atoms with Gasteiger partial charge in [-0.25, -0.2) is 0 Å². The van der Waals surface area contributed by atoms with Gasteiger partial charge in [0.2, 0.25) is 0 Å². The molecular weight excluding hydrogens is 654 g/mol. The molecule has 2 amide bonds. The quantitative estimate of drug-likeness (QED) is 0.156. The van der Waals surface area contributed by atoms with E-state index in [-0.39, 0.29) is 23.9 Å². The van der Waals surface area contributed by atoms with Crippen LogP contribution in [0.5, 0.6) is 11.5 Å². The number of carbonyl (C=O) groups excluding carboxylic acids is 2. The molecule has 3 aromatic carbocycles. The molecule has 52 heavy (non-hydrogen) atoms. The van der Waals surface area contributed by atoms with Crippen LogP contribution in [0.4, 0.5) is 0 Å². The molecule has 0 saturated carbocycles. The Morgan fingerprint density at radius 2 is 1.31 bits per heavy atom. The summed E-state index contributed by atoms with van der Waals surface area (Å²) >= 11 is 0. The molecule has 0 bridgehead atoms. The van der Waals surface area contributed by atoms with Crippen molar-refractivity contribution in [2.45, 2.75) is 52.2 Å². The predicted molar refractivity (Wildman–Crippen MR) is 196 cm³/mol. The van der Waals surface area contributed by atoms with E-state index in [0.29, 0.717) is 50.8 Å². The number of para-hydroxylation sites is 2. The monoisotopic (exact) mass is 695 g/mol. The van der Waals surface area contributed by atoms with Crippen LogP contribution in [-0.4, -0.2) is 59.2 Å². The van der Waals surface area contributed by atoms with Gasteiger partial charge in [-0.15, -0.1) is 0 Å². The van der Waals surface area contributed by atoms with E-state index >= 15 is 0 Å². The fourth-order valence-corrected chi connectivity index (χ4v) is 6.43. The van der Waals surface area contributed by atoms with Crippen molar-refractivity contribution in [3.8, 4) is 11.5 Å². The van der Waals surface area contributed by atoms with Crippen molar-refractivity contribution in [1.82, 2.24) is 34.3 Å². The van der Waals surface area contributed by atoms with Gasteiger partial charge in [0.15, 0.2) is 0 Å². The summed E-state index contributed by atoms with van der Waals surface area (Å²) in [6, 6.07) is 38.8. The lowest BCUT2D eigenvalue weighted by molar-refractivity contribution is 0.0619. The third-order valence-electron chi connectivity index (χ3n) is 9.12. The lowest BCUT2D eigenvalue weighted by atomic mass is 10.1.